The van der Waals surface area contributed by atoms with Gasteiger partial charge in [0.1, 0.15) is 11.6 Å². The van der Waals surface area contributed by atoms with Crippen LogP contribution in [0.4, 0.5) is 4.39 Å². The summed E-state index contributed by atoms with van der Waals surface area (Å²) >= 11 is 0. The Morgan fingerprint density at radius 2 is 1.93 bits per heavy atom. The smallest absolute Gasteiger partial charge is 0.338 e. The molecule has 6 nitrogen and oxygen atoms in total. The molecule has 4 rings (SSSR count). The van der Waals surface area contributed by atoms with Crippen molar-refractivity contribution in [3.05, 3.63) is 75.6 Å². The first-order valence-electron chi connectivity index (χ1n) is 9.53. The maximum atomic E-state index is 13.7. The Kier molecular flexibility index (Phi) is 5.20. The predicted molar refractivity (Wildman–Crippen MR) is 105 cm³/mol. The molecule has 0 saturated carbocycles. The summed E-state index contributed by atoms with van der Waals surface area (Å²) < 4.78 is 20.4. The van der Waals surface area contributed by atoms with Gasteiger partial charge in [-0.3, -0.25) is 14.2 Å². The van der Waals surface area contributed by atoms with Crippen LogP contribution in [0.3, 0.4) is 0 Å². The van der Waals surface area contributed by atoms with E-state index in [1.807, 2.05) is 0 Å². The van der Waals surface area contributed by atoms with E-state index in [1.54, 1.807) is 10.6 Å². The molecule has 1 aliphatic heterocycles. The van der Waals surface area contributed by atoms with Crippen molar-refractivity contribution in [2.24, 2.45) is 0 Å². The lowest BCUT2D eigenvalue weighted by Gasteiger charge is -2.11. The summed E-state index contributed by atoms with van der Waals surface area (Å²) in [6, 6.07) is 10.1. The lowest BCUT2D eigenvalue weighted by atomic mass is 10.1. The van der Waals surface area contributed by atoms with E-state index in [0.29, 0.717) is 17.4 Å². The third kappa shape index (κ3) is 3.81. The van der Waals surface area contributed by atoms with E-state index in [-0.39, 0.29) is 16.7 Å². The number of aryl methyl sites for hydroxylation is 1. The molecular formula is C22H19FN2O4. The normalized spacial score (nSPS) is 13.6. The fraction of sp³-hybridized carbons (Fsp3) is 0.273. The molecule has 0 saturated heterocycles. The van der Waals surface area contributed by atoms with Crippen LogP contribution >= 0.6 is 0 Å². The number of esters is 1. The van der Waals surface area contributed by atoms with E-state index in [0.717, 1.165) is 31.5 Å². The van der Waals surface area contributed by atoms with Gasteiger partial charge in [0.25, 0.3) is 5.56 Å². The number of Topliss-reactive ketones (excluding diaryl/α,β-unsaturated/α-hetero) is 1. The lowest BCUT2D eigenvalue weighted by molar-refractivity contribution is 0.0473. The Morgan fingerprint density at radius 3 is 2.76 bits per heavy atom. The van der Waals surface area contributed by atoms with Crippen LogP contribution in [0.25, 0.3) is 10.9 Å². The van der Waals surface area contributed by atoms with Crippen molar-refractivity contribution in [2.75, 3.05) is 6.61 Å². The van der Waals surface area contributed by atoms with Crippen LogP contribution in [0.5, 0.6) is 0 Å². The van der Waals surface area contributed by atoms with Gasteiger partial charge in [-0.15, -0.1) is 0 Å². The van der Waals surface area contributed by atoms with Crippen LogP contribution in [0.15, 0.2) is 47.3 Å². The van der Waals surface area contributed by atoms with E-state index >= 15 is 0 Å². The van der Waals surface area contributed by atoms with Gasteiger partial charge in [0.2, 0.25) is 5.78 Å². The van der Waals surface area contributed by atoms with Gasteiger partial charge in [0.15, 0.2) is 6.61 Å². The fourth-order valence-corrected chi connectivity index (χ4v) is 3.52. The second-order valence-corrected chi connectivity index (χ2v) is 7.01. The number of halogens is 1. The molecule has 7 heteroatoms. The molecule has 0 bridgehead atoms. The van der Waals surface area contributed by atoms with Crippen LogP contribution in [0.1, 0.15) is 45.8 Å². The molecule has 2 aromatic carbocycles. The Balaban J connectivity index is 1.56. The summed E-state index contributed by atoms with van der Waals surface area (Å²) in [5.74, 6) is -1.29. The Labute approximate surface area is 165 Å². The summed E-state index contributed by atoms with van der Waals surface area (Å²) in [5, 5.41) is 0.439. The number of ether oxygens (including phenoxy) is 1. The van der Waals surface area contributed by atoms with Gasteiger partial charge in [0.05, 0.1) is 22.0 Å². The van der Waals surface area contributed by atoms with Crippen molar-refractivity contribution in [1.82, 2.24) is 9.55 Å². The molecule has 0 fully saturated rings. The second-order valence-electron chi connectivity index (χ2n) is 7.01. The predicted octanol–water partition coefficient (Wildman–Crippen LogP) is 3.30. The van der Waals surface area contributed by atoms with Crippen LogP contribution in [-0.4, -0.2) is 27.9 Å². The zero-order valence-corrected chi connectivity index (χ0v) is 15.7. The van der Waals surface area contributed by atoms with Gasteiger partial charge >= 0.3 is 5.97 Å². The maximum Gasteiger partial charge on any atom is 0.338 e. The van der Waals surface area contributed by atoms with Gasteiger partial charge in [-0.2, -0.15) is 0 Å². The Morgan fingerprint density at radius 1 is 1.10 bits per heavy atom. The number of carbonyl (C=O) groups is 2. The highest BCUT2D eigenvalue weighted by Crippen LogP contribution is 2.17. The highest BCUT2D eigenvalue weighted by Gasteiger charge is 2.17. The number of benzene rings is 2. The number of hydrogen-bond acceptors (Lipinski definition) is 5. The molecule has 0 amide bonds. The molecule has 0 N–H and O–H groups in total. The molecule has 29 heavy (non-hydrogen) atoms. The molecule has 0 atom stereocenters. The minimum Gasteiger partial charge on any atom is -0.454 e. The van der Waals surface area contributed by atoms with Crippen LogP contribution in [0, 0.1) is 5.82 Å². The van der Waals surface area contributed by atoms with Crippen molar-refractivity contribution in [1.29, 1.82) is 0 Å². The van der Waals surface area contributed by atoms with Gasteiger partial charge in [-0.05, 0) is 43.2 Å². The topological polar surface area (TPSA) is 78.3 Å². The molecule has 148 valence electrons. The zero-order chi connectivity index (χ0) is 20.4. The summed E-state index contributed by atoms with van der Waals surface area (Å²) in [4.78, 5) is 41.7. The van der Waals surface area contributed by atoms with Crippen LogP contribution in [-0.2, 0) is 17.7 Å². The molecule has 0 radical (unpaired) electrons. The summed E-state index contributed by atoms with van der Waals surface area (Å²) in [6.07, 6.45) is 3.68. The molecule has 3 aromatic rings. The van der Waals surface area contributed by atoms with Crippen molar-refractivity contribution < 1.29 is 18.7 Å². The Hall–Kier alpha value is -3.35. The standard InChI is InChI=1S/C22H19FN2O4/c23-17-7-4-3-6-15(17)19(26)13-29-22(28)14-9-10-16-18(12-14)24-20-8-2-1-5-11-25(20)21(16)27/h3-4,6-7,9-10,12H,1-2,5,8,11,13H2. The minimum atomic E-state index is -0.728. The van der Waals surface area contributed by atoms with Gasteiger partial charge in [-0.1, -0.05) is 18.6 Å². The van der Waals surface area contributed by atoms with Gasteiger partial charge in [-0.25, -0.2) is 14.2 Å². The third-order valence-electron chi connectivity index (χ3n) is 5.06. The molecule has 0 aliphatic carbocycles. The number of rotatable bonds is 4. The minimum absolute atomic E-state index is 0.110. The molecule has 0 spiro atoms. The van der Waals surface area contributed by atoms with E-state index < -0.39 is 24.2 Å². The van der Waals surface area contributed by atoms with Crippen LogP contribution < -0.4 is 5.56 Å². The first-order valence-corrected chi connectivity index (χ1v) is 9.53. The highest BCUT2D eigenvalue weighted by atomic mass is 19.1. The number of hydrogen-bond donors (Lipinski definition) is 0. The van der Waals surface area contributed by atoms with Crippen molar-refractivity contribution in [2.45, 2.75) is 32.2 Å². The number of fused-ring (bicyclic) bond motifs is 2. The van der Waals surface area contributed by atoms with E-state index in [4.69, 9.17) is 4.74 Å². The first kappa shape index (κ1) is 19.0. The molecular weight excluding hydrogens is 375 g/mol. The Bertz CT molecular complexity index is 1170. The molecule has 1 aliphatic rings. The SMILES string of the molecule is O=C(OCC(=O)c1ccccc1F)c1ccc2c(=O)n3c(nc2c1)CCCCC3. The molecule has 0 unspecified atom stereocenters. The number of ketones is 1. The average molecular weight is 394 g/mol. The summed E-state index contributed by atoms with van der Waals surface area (Å²) in [5.41, 5.74) is 0.375. The molecule has 1 aromatic heterocycles. The summed E-state index contributed by atoms with van der Waals surface area (Å²) in [6.45, 7) is 0.0805. The van der Waals surface area contributed by atoms with Gasteiger partial charge < -0.3 is 4.74 Å². The zero-order valence-electron chi connectivity index (χ0n) is 15.7. The third-order valence-corrected chi connectivity index (χ3v) is 5.06. The van der Waals surface area contributed by atoms with Gasteiger partial charge in [0, 0.05) is 13.0 Å². The lowest BCUT2D eigenvalue weighted by Crippen LogP contribution is -2.24. The quantitative estimate of drug-likeness (QED) is 0.501. The van der Waals surface area contributed by atoms with E-state index in [1.165, 1.54) is 36.4 Å². The van der Waals surface area contributed by atoms with E-state index in [9.17, 15) is 18.8 Å². The number of carbonyl (C=O) groups excluding carboxylic acids is 2. The maximum absolute atomic E-state index is 13.7. The largest absolute Gasteiger partial charge is 0.454 e. The van der Waals surface area contributed by atoms with Crippen molar-refractivity contribution >= 4 is 22.7 Å². The second kappa shape index (κ2) is 7.95. The average Bonchev–Trinajstić information content (AvgIpc) is 2.97. The first-order chi connectivity index (χ1) is 14.0. The monoisotopic (exact) mass is 394 g/mol. The van der Waals surface area contributed by atoms with Crippen molar-refractivity contribution in [3.63, 3.8) is 0 Å². The van der Waals surface area contributed by atoms with Crippen molar-refractivity contribution in [3.8, 4) is 0 Å². The number of nitrogens with zero attached hydrogens (tertiary/aromatic N) is 2. The fourth-order valence-electron chi connectivity index (χ4n) is 3.52. The van der Waals surface area contributed by atoms with Crippen LogP contribution in [0.2, 0.25) is 0 Å². The summed E-state index contributed by atoms with van der Waals surface area (Å²) in [7, 11) is 0. The number of aromatic nitrogens is 2. The highest BCUT2D eigenvalue weighted by molar-refractivity contribution is 6.00. The van der Waals surface area contributed by atoms with E-state index in [2.05, 4.69) is 4.98 Å². The molecule has 2 heterocycles.